The van der Waals surface area contributed by atoms with Crippen LogP contribution in [0.2, 0.25) is 5.02 Å². The molecular formula is C24H18ClF3N4O2. The normalized spacial score (nSPS) is 18.1. The first-order valence-electron chi connectivity index (χ1n) is 10.6. The number of pyridine rings is 2. The molecule has 1 N–H and O–H groups in total. The Morgan fingerprint density at radius 3 is 2.65 bits per heavy atom. The van der Waals surface area contributed by atoms with Crippen LogP contribution in [0.15, 0.2) is 42.7 Å². The standard InChI is InChI=1S/C24H18ClF3N4O2/c1-12-22-15(6-13(26)9-30-22)16-10-29-20(24(28)4-5-24)8-19(16)32(23(12)34)11-21(33)31-14-2-3-17(25)18(27)7-14/h2-3,6-10,12H,4-5,11H2,1H3,(H,31,33)/t12-/m1/s1. The van der Waals surface area contributed by atoms with Crippen molar-refractivity contribution in [1.82, 2.24) is 9.97 Å². The molecule has 34 heavy (non-hydrogen) atoms. The summed E-state index contributed by atoms with van der Waals surface area (Å²) in [5, 5.41) is 2.44. The van der Waals surface area contributed by atoms with Gasteiger partial charge in [-0.05, 0) is 50.1 Å². The van der Waals surface area contributed by atoms with E-state index in [1.807, 2.05) is 0 Å². The number of rotatable bonds is 4. The van der Waals surface area contributed by atoms with Crippen molar-refractivity contribution in [2.75, 3.05) is 16.8 Å². The Morgan fingerprint density at radius 2 is 1.94 bits per heavy atom. The van der Waals surface area contributed by atoms with E-state index in [0.717, 1.165) is 12.3 Å². The van der Waals surface area contributed by atoms with Gasteiger partial charge in [-0.1, -0.05) is 11.6 Å². The fourth-order valence-electron chi connectivity index (χ4n) is 4.05. The van der Waals surface area contributed by atoms with Gasteiger partial charge in [-0.15, -0.1) is 0 Å². The number of fused-ring (bicyclic) bond motifs is 3. The van der Waals surface area contributed by atoms with Crippen molar-refractivity contribution in [2.24, 2.45) is 0 Å². The highest BCUT2D eigenvalue weighted by Gasteiger charge is 2.47. The molecule has 1 saturated carbocycles. The van der Waals surface area contributed by atoms with E-state index in [1.54, 1.807) is 6.92 Å². The lowest BCUT2D eigenvalue weighted by molar-refractivity contribution is -0.122. The Hall–Kier alpha value is -3.46. The minimum Gasteiger partial charge on any atom is -0.324 e. The molecule has 0 spiro atoms. The van der Waals surface area contributed by atoms with Crippen molar-refractivity contribution in [1.29, 1.82) is 0 Å². The number of carbonyl (C=O) groups is 2. The maximum Gasteiger partial charge on any atom is 0.244 e. The van der Waals surface area contributed by atoms with Crippen molar-refractivity contribution in [2.45, 2.75) is 31.4 Å². The topological polar surface area (TPSA) is 75.2 Å². The molecule has 0 bridgehead atoms. The van der Waals surface area contributed by atoms with E-state index in [0.29, 0.717) is 29.7 Å². The third kappa shape index (κ3) is 3.90. The maximum absolute atomic E-state index is 14.8. The average Bonchev–Trinajstić information content (AvgIpc) is 3.57. The van der Waals surface area contributed by atoms with Gasteiger partial charge in [-0.2, -0.15) is 0 Å². The van der Waals surface area contributed by atoms with Gasteiger partial charge < -0.3 is 10.2 Å². The van der Waals surface area contributed by atoms with Crippen LogP contribution in [-0.4, -0.2) is 28.3 Å². The molecule has 6 nitrogen and oxygen atoms in total. The highest BCUT2D eigenvalue weighted by molar-refractivity contribution is 6.30. The summed E-state index contributed by atoms with van der Waals surface area (Å²) in [4.78, 5) is 35.8. The molecule has 3 aromatic rings. The molecule has 174 valence electrons. The maximum atomic E-state index is 14.8. The largest absolute Gasteiger partial charge is 0.324 e. The number of alkyl halides is 1. The predicted octanol–water partition coefficient (Wildman–Crippen LogP) is 5.12. The lowest BCUT2D eigenvalue weighted by Gasteiger charge is -2.25. The van der Waals surface area contributed by atoms with E-state index < -0.39 is 41.6 Å². The van der Waals surface area contributed by atoms with Crippen LogP contribution in [0.5, 0.6) is 0 Å². The quantitative estimate of drug-likeness (QED) is 0.555. The number of benzene rings is 1. The van der Waals surface area contributed by atoms with Crippen LogP contribution in [0.3, 0.4) is 0 Å². The number of nitrogens with one attached hydrogen (secondary N) is 1. The second-order valence-electron chi connectivity index (χ2n) is 8.46. The molecule has 5 rings (SSSR count). The molecule has 1 aliphatic heterocycles. The van der Waals surface area contributed by atoms with Gasteiger partial charge in [0.2, 0.25) is 11.8 Å². The average molecular weight is 487 g/mol. The van der Waals surface area contributed by atoms with Crippen molar-refractivity contribution in [3.8, 4) is 11.1 Å². The van der Waals surface area contributed by atoms with Crippen molar-refractivity contribution >= 4 is 34.8 Å². The Bertz CT molecular complexity index is 1350. The lowest BCUT2D eigenvalue weighted by atomic mass is 9.98. The van der Waals surface area contributed by atoms with E-state index in [-0.39, 0.29) is 22.1 Å². The van der Waals surface area contributed by atoms with Crippen molar-refractivity contribution in [3.63, 3.8) is 0 Å². The molecule has 1 aromatic carbocycles. The molecule has 2 aliphatic rings. The van der Waals surface area contributed by atoms with Crippen molar-refractivity contribution in [3.05, 3.63) is 70.8 Å². The van der Waals surface area contributed by atoms with Gasteiger partial charge in [0.15, 0.2) is 5.67 Å². The van der Waals surface area contributed by atoms with Crippen LogP contribution < -0.4 is 10.2 Å². The Balaban J connectivity index is 1.56. The van der Waals surface area contributed by atoms with E-state index in [1.165, 1.54) is 35.4 Å². The highest BCUT2D eigenvalue weighted by atomic mass is 35.5. The highest BCUT2D eigenvalue weighted by Crippen LogP contribution is 2.50. The van der Waals surface area contributed by atoms with Crippen LogP contribution in [0.1, 0.15) is 37.1 Å². The van der Waals surface area contributed by atoms with E-state index >= 15 is 0 Å². The molecule has 1 atom stereocenters. The third-order valence-corrected chi connectivity index (χ3v) is 6.35. The first kappa shape index (κ1) is 22.3. The van der Waals surface area contributed by atoms with Gasteiger partial charge in [0.1, 0.15) is 18.2 Å². The van der Waals surface area contributed by atoms with Crippen LogP contribution in [-0.2, 0) is 15.3 Å². The fraction of sp³-hybridized carbons (Fsp3) is 0.250. The Morgan fingerprint density at radius 1 is 1.18 bits per heavy atom. The second kappa shape index (κ2) is 8.09. The number of hydrogen-bond acceptors (Lipinski definition) is 4. The minimum atomic E-state index is -1.59. The van der Waals surface area contributed by atoms with Crippen LogP contribution in [0.25, 0.3) is 11.1 Å². The zero-order valence-electron chi connectivity index (χ0n) is 17.9. The summed E-state index contributed by atoms with van der Waals surface area (Å²) >= 11 is 5.68. The lowest BCUT2D eigenvalue weighted by Crippen LogP contribution is -2.40. The summed E-state index contributed by atoms with van der Waals surface area (Å²) < 4.78 is 42.7. The number of amides is 2. The minimum absolute atomic E-state index is 0.0961. The van der Waals surface area contributed by atoms with E-state index in [2.05, 4.69) is 15.3 Å². The number of halogens is 4. The molecule has 10 heteroatoms. The molecule has 1 aliphatic carbocycles. The summed E-state index contributed by atoms with van der Waals surface area (Å²) in [6, 6.07) is 6.46. The molecule has 2 amide bonds. The summed E-state index contributed by atoms with van der Waals surface area (Å²) in [6.45, 7) is 1.16. The summed E-state index contributed by atoms with van der Waals surface area (Å²) in [7, 11) is 0. The van der Waals surface area contributed by atoms with E-state index in [9.17, 15) is 22.8 Å². The van der Waals surface area contributed by atoms with E-state index in [4.69, 9.17) is 11.6 Å². The number of carbonyl (C=O) groups excluding carboxylic acids is 2. The Labute approximate surface area is 197 Å². The van der Waals surface area contributed by atoms with Crippen LogP contribution >= 0.6 is 11.6 Å². The number of nitrogens with zero attached hydrogens (tertiary/aromatic N) is 3. The first-order chi connectivity index (χ1) is 16.2. The monoisotopic (exact) mass is 486 g/mol. The molecule has 1 fully saturated rings. The first-order valence-corrected chi connectivity index (χ1v) is 11.0. The molecule has 0 radical (unpaired) electrons. The zero-order valence-corrected chi connectivity index (χ0v) is 18.7. The molecule has 2 aromatic heterocycles. The SMILES string of the molecule is C[C@H]1C(=O)N(CC(=O)Nc2ccc(Cl)c(F)c2)c2cc(C3(F)CC3)ncc2-c2cc(F)cnc21. The predicted molar refractivity (Wildman–Crippen MR) is 120 cm³/mol. The second-order valence-corrected chi connectivity index (χ2v) is 8.87. The van der Waals surface area contributed by atoms with Crippen LogP contribution in [0, 0.1) is 11.6 Å². The molecule has 0 unspecified atom stereocenters. The van der Waals surface area contributed by atoms with Gasteiger partial charge in [-0.3, -0.25) is 19.6 Å². The number of aromatic nitrogens is 2. The van der Waals surface area contributed by atoms with Gasteiger partial charge >= 0.3 is 0 Å². The molecule has 0 saturated heterocycles. The smallest absolute Gasteiger partial charge is 0.244 e. The summed E-state index contributed by atoms with van der Waals surface area (Å²) in [5.41, 5.74) is -0.0245. The third-order valence-electron chi connectivity index (χ3n) is 6.05. The Kier molecular flexibility index (Phi) is 5.31. The van der Waals surface area contributed by atoms with Crippen molar-refractivity contribution < 1.29 is 22.8 Å². The van der Waals surface area contributed by atoms with Gasteiger partial charge in [0.25, 0.3) is 0 Å². The van der Waals surface area contributed by atoms with Gasteiger partial charge in [-0.25, -0.2) is 13.2 Å². The number of hydrogen-bond donors (Lipinski definition) is 1. The summed E-state index contributed by atoms with van der Waals surface area (Å²) in [5.74, 6) is -3.21. The zero-order chi connectivity index (χ0) is 24.2. The molecular weight excluding hydrogens is 469 g/mol. The molecule has 3 heterocycles. The fourth-order valence-corrected chi connectivity index (χ4v) is 4.17. The number of anilines is 2. The van der Waals surface area contributed by atoms with Gasteiger partial charge in [0, 0.05) is 23.0 Å². The van der Waals surface area contributed by atoms with Crippen LogP contribution in [0.4, 0.5) is 24.5 Å². The van der Waals surface area contributed by atoms with Gasteiger partial charge in [0.05, 0.1) is 34.2 Å². The summed E-state index contributed by atoms with van der Waals surface area (Å²) in [6.07, 6.45) is 3.01.